The first-order valence-electron chi connectivity index (χ1n) is 7.66. The van der Waals surface area contributed by atoms with Gasteiger partial charge in [0.2, 0.25) is 10.0 Å². The molecule has 1 N–H and O–H groups in total. The van der Waals surface area contributed by atoms with Crippen LogP contribution in [0.2, 0.25) is 0 Å². The topological polar surface area (TPSA) is 66.5 Å². The second-order valence-corrected chi connectivity index (χ2v) is 8.12. The van der Waals surface area contributed by atoms with Crippen LogP contribution in [0.3, 0.4) is 0 Å². The molecule has 1 aliphatic rings. The largest absolute Gasteiger partial charge is 0.341 e. The molecule has 1 saturated heterocycles. The molecule has 124 valence electrons. The molecule has 1 amide bonds. The Morgan fingerprint density at radius 1 is 1.35 bits per heavy atom. The van der Waals surface area contributed by atoms with E-state index in [9.17, 15) is 13.2 Å². The molecule has 1 heterocycles. The lowest BCUT2D eigenvalue weighted by Gasteiger charge is -2.34. The van der Waals surface area contributed by atoms with Gasteiger partial charge in [0.1, 0.15) is 0 Å². The van der Waals surface area contributed by atoms with Gasteiger partial charge in [-0.05, 0) is 36.5 Å². The van der Waals surface area contributed by atoms with Gasteiger partial charge in [-0.2, -0.15) is 4.31 Å². The maximum atomic E-state index is 12.8. The Labute approximate surface area is 138 Å². The summed E-state index contributed by atoms with van der Waals surface area (Å²) in [6.07, 6.45) is 6.14. The first kappa shape index (κ1) is 17.5. The molecule has 0 bridgehead atoms. The molecule has 1 aromatic rings. The maximum absolute atomic E-state index is 12.8. The van der Waals surface area contributed by atoms with E-state index in [-0.39, 0.29) is 17.3 Å². The molecule has 1 aromatic carbocycles. The van der Waals surface area contributed by atoms with Crippen LogP contribution in [0.25, 0.3) is 0 Å². The molecule has 5 nitrogen and oxygen atoms in total. The van der Waals surface area contributed by atoms with Crippen molar-refractivity contribution in [3.8, 4) is 12.3 Å². The molecule has 23 heavy (non-hydrogen) atoms. The minimum atomic E-state index is -3.59. The lowest BCUT2D eigenvalue weighted by atomic mass is 9.94. The van der Waals surface area contributed by atoms with Crippen molar-refractivity contribution in [2.75, 3.05) is 19.6 Å². The minimum Gasteiger partial charge on any atom is -0.341 e. The van der Waals surface area contributed by atoms with E-state index in [1.807, 2.05) is 0 Å². The van der Waals surface area contributed by atoms with Crippen molar-refractivity contribution in [2.45, 2.75) is 25.2 Å². The fourth-order valence-corrected chi connectivity index (χ4v) is 4.71. The number of piperidine rings is 1. The second-order valence-electron chi connectivity index (χ2n) is 6.18. The van der Waals surface area contributed by atoms with Crippen molar-refractivity contribution in [1.82, 2.24) is 9.62 Å². The number of nitrogens with zero attached hydrogens (tertiary/aromatic N) is 1. The Kier molecular flexibility index (Phi) is 5.45. The van der Waals surface area contributed by atoms with Crippen molar-refractivity contribution in [1.29, 1.82) is 0 Å². The molecule has 6 heteroatoms. The number of carbonyl (C=O) groups excluding carboxylic acids is 1. The van der Waals surface area contributed by atoms with Crippen LogP contribution in [0, 0.1) is 24.2 Å². The molecule has 1 fully saturated rings. The van der Waals surface area contributed by atoms with Crippen LogP contribution in [0.5, 0.6) is 0 Å². The first-order valence-corrected chi connectivity index (χ1v) is 9.10. The van der Waals surface area contributed by atoms with E-state index in [0.717, 1.165) is 6.42 Å². The molecule has 0 saturated carbocycles. The highest BCUT2D eigenvalue weighted by Crippen LogP contribution is 2.26. The summed E-state index contributed by atoms with van der Waals surface area (Å²) in [5.74, 6) is 2.60. The zero-order valence-electron chi connectivity index (χ0n) is 13.5. The Hall–Kier alpha value is -1.84. The summed E-state index contributed by atoms with van der Waals surface area (Å²) >= 11 is 0. The van der Waals surface area contributed by atoms with Gasteiger partial charge in [0.25, 0.3) is 5.91 Å². The molecule has 1 aliphatic heterocycles. The lowest BCUT2D eigenvalue weighted by Crippen LogP contribution is -2.42. The standard InChI is InChI=1S/C17H22N2O3S/c1-4-8-18-17(20)15-6-5-7-16(10-15)23(21,22)19-11-13(2)9-14(3)12-19/h1,5-7,10,13-14H,8-9,11-12H2,2-3H3,(H,18,20). The molecule has 0 radical (unpaired) electrons. The number of sulfonamides is 1. The van der Waals surface area contributed by atoms with Gasteiger partial charge in [-0.15, -0.1) is 6.42 Å². The highest BCUT2D eigenvalue weighted by Gasteiger charge is 2.31. The van der Waals surface area contributed by atoms with Crippen LogP contribution in [0.15, 0.2) is 29.2 Å². The molecule has 2 atom stereocenters. The summed E-state index contributed by atoms with van der Waals surface area (Å²) in [4.78, 5) is 12.1. The van der Waals surface area contributed by atoms with Crippen LogP contribution in [-0.4, -0.2) is 38.3 Å². The smallest absolute Gasteiger partial charge is 0.252 e. The molecule has 0 aliphatic carbocycles. The molecule has 2 unspecified atom stereocenters. The summed E-state index contributed by atoms with van der Waals surface area (Å²) in [6, 6.07) is 6.09. The average Bonchev–Trinajstić information content (AvgIpc) is 2.51. The van der Waals surface area contributed by atoms with Crippen LogP contribution in [-0.2, 0) is 10.0 Å². The van der Waals surface area contributed by atoms with Crippen LogP contribution < -0.4 is 5.32 Å². The predicted molar refractivity (Wildman–Crippen MR) is 89.3 cm³/mol. The van der Waals surface area contributed by atoms with Crippen molar-refractivity contribution in [3.63, 3.8) is 0 Å². The van der Waals surface area contributed by atoms with Crippen LogP contribution in [0.1, 0.15) is 30.6 Å². The minimum absolute atomic E-state index is 0.108. The Morgan fingerprint density at radius 3 is 2.61 bits per heavy atom. The quantitative estimate of drug-likeness (QED) is 0.853. The first-order chi connectivity index (χ1) is 10.8. The normalized spacial score (nSPS) is 22.3. The maximum Gasteiger partial charge on any atom is 0.252 e. The fraction of sp³-hybridized carbons (Fsp3) is 0.471. The number of hydrogen-bond acceptors (Lipinski definition) is 3. The van der Waals surface area contributed by atoms with Gasteiger partial charge in [0.15, 0.2) is 0 Å². The van der Waals surface area contributed by atoms with Gasteiger partial charge >= 0.3 is 0 Å². The van der Waals surface area contributed by atoms with E-state index in [1.165, 1.54) is 16.4 Å². The van der Waals surface area contributed by atoms with E-state index in [2.05, 4.69) is 25.1 Å². The van der Waals surface area contributed by atoms with E-state index in [0.29, 0.717) is 30.5 Å². The zero-order valence-corrected chi connectivity index (χ0v) is 14.3. The summed E-state index contributed by atoms with van der Waals surface area (Å²) in [5, 5.41) is 2.54. The van der Waals surface area contributed by atoms with Gasteiger partial charge in [-0.1, -0.05) is 25.8 Å². The molecule has 2 rings (SSSR count). The molecule has 0 spiro atoms. The van der Waals surface area contributed by atoms with Crippen molar-refractivity contribution in [3.05, 3.63) is 29.8 Å². The van der Waals surface area contributed by atoms with Gasteiger partial charge in [0, 0.05) is 18.7 Å². The van der Waals surface area contributed by atoms with Gasteiger partial charge in [-0.25, -0.2) is 8.42 Å². The van der Waals surface area contributed by atoms with Gasteiger partial charge in [-0.3, -0.25) is 4.79 Å². The monoisotopic (exact) mass is 334 g/mol. The Balaban J connectivity index is 2.26. The van der Waals surface area contributed by atoms with Crippen molar-refractivity contribution >= 4 is 15.9 Å². The Bertz CT molecular complexity index is 712. The van der Waals surface area contributed by atoms with Crippen LogP contribution in [0.4, 0.5) is 0 Å². The third kappa shape index (κ3) is 4.12. The zero-order chi connectivity index (χ0) is 17.0. The van der Waals surface area contributed by atoms with Gasteiger partial charge in [0.05, 0.1) is 11.4 Å². The van der Waals surface area contributed by atoms with E-state index in [4.69, 9.17) is 6.42 Å². The third-order valence-corrected chi connectivity index (χ3v) is 5.75. The summed E-state index contributed by atoms with van der Waals surface area (Å²) in [7, 11) is -3.59. The highest BCUT2D eigenvalue weighted by molar-refractivity contribution is 7.89. The fourth-order valence-electron chi connectivity index (χ4n) is 2.98. The van der Waals surface area contributed by atoms with Crippen LogP contribution >= 0.6 is 0 Å². The lowest BCUT2D eigenvalue weighted by molar-refractivity contribution is 0.0958. The van der Waals surface area contributed by atoms with E-state index in [1.54, 1.807) is 12.1 Å². The summed E-state index contributed by atoms with van der Waals surface area (Å²) in [5.41, 5.74) is 0.291. The number of carbonyl (C=O) groups is 1. The number of amides is 1. The summed E-state index contributed by atoms with van der Waals surface area (Å²) in [6.45, 7) is 5.25. The Morgan fingerprint density at radius 2 is 2.00 bits per heavy atom. The third-order valence-electron chi connectivity index (χ3n) is 3.92. The van der Waals surface area contributed by atoms with Crippen molar-refractivity contribution in [2.24, 2.45) is 11.8 Å². The highest BCUT2D eigenvalue weighted by atomic mass is 32.2. The van der Waals surface area contributed by atoms with Crippen molar-refractivity contribution < 1.29 is 13.2 Å². The SMILES string of the molecule is C#CCNC(=O)c1cccc(S(=O)(=O)N2CC(C)CC(C)C2)c1. The number of rotatable bonds is 4. The molecule has 0 aromatic heterocycles. The predicted octanol–water partition coefficient (Wildman–Crippen LogP) is 1.72. The number of hydrogen-bond donors (Lipinski definition) is 1. The second kappa shape index (κ2) is 7.16. The van der Waals surface area contributed by atoms with Gasteiger partial charge < -0.3 is 5.32 Å². The molecular weight excluding hydrogens is 312 g/mol. The average molecular weight is 334 g/mol. The number of benzene rings is 1. The van der Waals surface area contributed by atoms with E-state index < -0.39 is 10.0 Å². The number of terminal acetylenes is 1. The molecular formula is C17H22N2O3S. The van der Waals surface area contributed by atoms with E-state index >= 15 is 0 Å². The number of nitrogens with one attached hydrogen (secondary N) is 1. The summed E-state index contributed by atoms with van der Waals surface area (Å²) < 4.78 is 27.2.